The average Bonchev–Trinajstić information content (AvgIpc) is 3.72. The molecule has 0 saturated carbocycles. The van der Waals surface area contributed by atoms with Crippen LogP contribution in [0.15, 0.2) is 23.8 Å². The van der Waals surface area contributed by atoms with Crippen LogP contribution in [0.1, 0.15) is 12.5 Å². The van der Waals surface area contributed by atoms with Crippen LogP contribution in [-0.4, -0.2) is 98.7 Å². The fourth-order valence-electron chi connectivity index (χ4n) is 5.30. The van der Waals surface area contributed by atoms with Crippen LogP contribution in [0.25, 0.3) is 22.3 Å². The number of anilines is 2. The van der Waals surface area contributed by atoms with Crippen LogP contribution in [0.3, 0.4) is 0 Å². The molecule has 0 aromatic carbocycles. The van der Waals surface area contributed by atoms with Gasteiger partial charge in [-0.1, -0.05) is 0 Å². The highest BCUT2D eigenvalue weighted by Crippen LogP contribution is 2.54. The standard InChI is InChI=1S/C20H24FN11O9P2S2/c21-8-6-1-36-43(35,45)41-13-9(22)7(39-19(13)31-4-27-10-14(23)25-3-26-15(10)31)2-37-42(34,44)40-12(8)18(38-6)32-5-28-11-16(32)29-20(24)30-17(11)33/h3-9,12-13,18-19H,1-2,22H2,(H,34,44)(H,35,45)(H2,23,25,26)(H3,24,29,30,33)/t6-,7-,8-,9-,12-,13-,18-,19-,42+,43?/m1/s1. The number of H-pyrrole nitrogens is 1. The number of hydrogen-bond acceptors (Lipinski definition) is 17. The molecule has 3 aliphatic rings. The molecule has 7 heterocycles. The maximum atomic E-state index is 16.0. The van der Waals surface area contributed by atoms with Gasteiger partial charge in [0.25, 0.3) is 5.56 Å². The molecule has 0 aliphatic carbocycles. The van der Waals surface area contributed by atoms with Crippen molar-refractivity contribution in [2.24, 2.45) is 5.73 Å². The van der Waals surface area contributed by atoms with Gasteiger partial charge < -0.3 is 45.5 Å². The molecule has 1 unspecified atom stereocenters. The summed E-state index contributed by atoms with van der Waals surface area (Å²) in [6, 6.07) is -1.04. The zero-order valence-corrected chi connectivity index (χ0v) is 25.9. The first-order valence-electron chi connectivity index (χ1n) is 13.0. The van der Waals surface area contributed by atoms with Crippen molar-refractivity contribution in [3.8, 4) is 0 Å². The molecule has 4 aromatic rings. The number of fused-ring (bicyclic) bond motifs is 6. The minimum atomic E-state index is -4.24. The molecule has 45 heavy (non-hydrogen) atoms. The van der Waals surface area contributed by atoms with Gasteiger partial charge in [-0.05, 0) is 23.6 Å². The van der Waals surface area contributed by atoms with Crippen molar-refractivity contribution in [1.82, 2.24) is 39.0 Å². The lowest BCUT2D eigenvalue weighted by Crippen LogP contribution is -2.43. The van der Waals surface area contributed by atoms with Crippen molar-refractivity contribution in [3.63, 3.8) is 0 Å². The zero-order valence-electron chi connectivity index (χ0n) is 22.5. The van der Waals surface area contributed by atoms with Crippen LogP contribution in [0.4, 0.5) is 16.2 Å². The number of nitrogens with one attached hydrogen (secondary N) is 1. The molecular weight excluding hydrogens is 683 g/mol. The first-order valence-corrected chi connectivity index (χ1v) is 18.2. The molecular formula is C20H24FN11O9P2S2. The third-order valence-electron chi connectivity index (χ3n) is 7.37. The average molecular weight is 708 g/mol. The van der Waals surface area contributed by atoms with Crippen molar-refractivity contribution in [1.29, 1.82) is 0 Å². The molecule has 9 N–H and O–H groups in total. The van der Waals surface area contributed by atoms with Crippen LogP contribution < -0.4 is 22.8 Å². The van der Waals surface area contributed by atoms with E-state index in [-0.39, 0.29) is 34.1 Å². The number of aromatic nitrogens is 8. The van der Waals surface area contributed by atoms with E-state index in [1.165, 1.54) is 21.8 Å². The molecule has 0 spiro atoms. The summed E-state index contributed by atoms with van der Waals surface area (Å²) in [6.45, 7) is -9.51. The maximum Gasteiger partial charge on any atom is 0.325 e. The molecule has 3 saturated heterocycles. The minimum absolute atomic E-state index is 0.0638. The van der Waals surface area contributed by atoms with E-state index in [4.69, 9.17) is 68.4 Å². The molecule has 3 aliphatic heterocycles. The molecule has 7 rings (SSSR count). The molecule has 20 nitrogen and oxygen atoms in total. The number of alkyl halides is 1. The van der Waals surface area contributed by atoms with Gasteiger partial charge in [0.15, 0.2) is 41.3 Å². The summed E-state index contributed by atoms with van der Waals surface area (Å²) in [5.41, 5.74) is 17.8. The van der Waals surface area contributed by atoms with Crippen molar-refractivity contribution in [3.05, 3.63) is 29.3 Å². The Kier molecular flexibility index (Phi) is 7.76. The van der Waals surface area contributed by atoms with Crippen LogP contribution in [0.5, 0.6) is 0 Å². The molecule has 3 fully saturated rings. The molecule has 25 heteroatoms. The Morgan fingerprint density at radius 3 is 2.24 bits per heavy atom. The first-order chi connectivity index (χ1) is 21.3. The summed E-state index contributed by atoms with van der Waals surface area (Å²) in [7, 11) is 0. The minimum Gasteiger partial charge on any atom is -0.382 e. The SMILES string of the molecule is Nc1nc2c(ncn2[C@@H]2O[C@@H]3COP(O)(=S)O[C@@H]4[C@H](N)[C@@H](CO[P@](O)(=S)O[C@@H]2[C@@H]3F)O[C@H]4n2cnc3c(N)ncnc32)c(=O)[nH]1. The number of imidazole rings is 2. The molecule has 0 radical (unpaired) electrons. The topological polar surface area (TPSA) is 281 Å². The van der Waals surface area contributed by atoms with Crippen LogP contribution in [0, 0.1) is 0 Å². The smallest absolute Gasteiger partial charge is 0.325 e. The van der Waals surface area contributed by atoms with Gasteiger partial charge in [0.05, 0.1) is 31.9 Å². The van der Waals surface area contributed by atoms with Gasteiger partial charge >= 0.3 is 13.4 Å². The van der Waals surface area contributed by atoms with E-state index in [9.17, 15) is 14.6 Å². The highest BCUT2D eigenvalue weighted by atomic mass is 32.5. The van der Waals surface area contributed by atoms with Crippen LogP contribution >= 0.6 is 13.4 Å². The largest absolute Gasteiger partial charge is 0.382 e. The predicted octanol–water partition coefficient (Wildman–Crippen LogP) is -1.17. The summed E-state index contributed by atoms with van der Waals surface area (Å²) in [4.78, 5) is 57.2. The number of hydrogen-bond donors (Lipinski definition) is 6. The Balaban J connectivity index is 1.23. The highest BCUT2D eigenvalue weighted by Gasteiger charge is 2.52. The summed E-state index contributed by atoms with van der Waals surface area (Å²) < 4.78 is 53.2. The van der Waals surface area contributed by atoms with E-state index in [2.05, 4.69) is 29.9 Å². The number of aromatic amines is 1. The molecule has 10 atom stereocenters. The Morgan fingerprint density at radius 2 is 1.51 bits per heavy atom. The van der Waals surface area contributed by atoms with Gasteiger partial charge in [-0.3, -0.25) is 28.0 Å². The Bertz CT molecular complexity index is 1950. The summed E-state index contributed by atoms with van der Waals surface area (Å²) >= 11 is 10.5. The van der Waals surface area contributed by atoms with E-state index in [1.807, 2.05) is 0 Å². The monoisotopic (exact) mass is 707 g/mol. The first kappa shape index (κ1) is 31.0. The Labute approximate surface area is 260 Å². The van der Waals surface area contributed by atoms with Crippen LogP contribution in [0.2, 0.25) is 0 Å². The number of nitrogens with two attached hydrogens (primary N) is 3. The fraction of sp³-hybridized carbons (Fsp3) is 0.500. The molecule has 0 amide bonds. The lowest BCUT2D eigenvalue weighted by Gasteiger charge is -2.28. The second kappa shape index (κ2) is 11.3. The summed E-state index contributed by atoms with van der Waals surface area (Å²) in [5.74, 6) is -0.132. The molecule has 4 aromatic heterocycles. The fourth-order valence-corrected chi connectivity index (χ4v) is 8.13. The number of rotatable bonds is 2. The van der Waals surface area contributed by atoms with E-state index in [0.717, 1.165) is 6.33 Å². The Morgan fingerprint density at radius 1 is 0.911 bits per heavy atom. The number of halogens is 1. The number of nitrogens with zero attached hydrogens (tertiary/aromatic N) is 7. The predicted molar refractivity (Wildman–Crippen MR) is 158 cm³/mol. The van der Waals surface area contributed by atoms with Gasteiger partial charge in [0.1, 0.15) is 36.3 Å². The maximum absolute atomic E-state index is 16.0. The van der Waals surface area contributed by atoms with E-state index in [1.54, 1.807) is 0 Å². The van der Waals surface area contributed by atoms with Gasteiger partial charge in [-0.15, -0.1) is 0 Å². The van der Waals surface area contributed by atoms with Gasteiger partial charge in [0.2, 0.25) is 5.95 Å². The number of nitrogen functional groups attached to an aromatic ring is 2. The molecule has 242 valence electrons. The van der Waals surface area contributed by atoms with Crippen molar-refractivity contribution in [2.45, 2.75) is 49.1 Å². The summed E-state index contributed by atoms with van der Waals surface area (Å²) in [5, 5.41) is 0. The third-order valence-corrected chi connectivity index (χ3v) is 10.5. The second-order valence-corrected chi connectivity index (χ2v) is 15.8. The normalized spacial score (nSPS) is 37.7. The van der Waals surface area contributed by atoms with E-state index >= 15 is 4.39 Å². The quantitative estimate of drug-likeness (QED) is 0.134. The van der Waals surface area contributed by atoms with Gasteiger partial charge in [0, 0.05) is 0 Å². The Hall–Kier alpha value is -2.63. The number of ether oxygens (including phenoxy) is 2. The molecule has 4 bridgehead atoms. The second-order valence-electron chi connectivity index (χ2n) is 10.2. The lowest BCUT2D eigenvalue weighted by molar-refractivity contribution is -0.0606. The highest BCUT2D eigenvalue weighted by molar-refractivity contribution is 8.07. The van der Waals surface area contributed by atoms with Gasteiger partial charge in [-0.25, -0.2) is 24.3 Å². The zero-order chi connectivity index (χ0) is 31.8. The van der Waals surface area contributed by atoms with Crippen molar-refractivity contribution in [2.75, 3.05) is 24.7 Å². The van der Waals surface area contributed by atoms with E-state index in [0.29, 0.717) is 0 Å². The van der Waals surface area contributed by atoms with Gasteiger partial charge in [-0.2, -0.15) is 4.98 Å². The van der Waals surface area contributed by atoms with Crippen molar-refractivity contribution >= 4 is 71.1 Å². The third kappa shape index (κ3) is 5.56. The van der Waals surface area contributed by atoms with Crippen LogP contribution in [-0.2, 0) is 51.2 Å². The lowest BCUT2D eigenvalue weighted by atomic mass is 10.1. The summed E-state index contributed by atoms with van der Waals surface area (Å²) in [6.07, 6.45) is -6.13. The van der Waals surface area contributed by atoms with E-state index < -0.39 is 81.3 Å². The van der Waals surface area contributed by atoms with Crippen molar-refractivity contribution < 1.29 is 41.7 Å².